The molecule has 0 aliphatic heterocycles. The van der Waals surface area contributed by atoms with Crippen molar-refractivity contribution in [3.63, 3.8) is 0 Å². The molecule has 0 N–H and O–H groups in total. The van der Waals surface area contributed by atoms with Crippen LogP contribution in [0, 0.1) is 0 Å². The fourth-order valence-electron chi connectivity index (χ4n) is 3.24. The number of fused-ring (bicyclic) bond motifs is 1. The summed E-state index contributed by atoms with van der Waals surface area (Å²) in [6, 6.07) is 13.1. The standard InChI is InChI=1S/C23H28ClN3O3S/c1-4-26(5-2)14-15-27(20(28)13-16-30-17-9-7-6-8-10-17)23-25-21-19(29-3)12-11-18(24)22(21)31-23/h6-12H,4-5,13-16H2,1-3H3. The number of amides is 1. The summed E-state index contributed by atoms with van der Waals surface area (Å²) >= 11 is 7.80. The van der Waals surface area contributed by atoms with Crippen molar-refractivity contribution in [3.8, 4) is 11.5 Å². The first kappa shape index (κ1) is 23.3. The second kappa shape index (κ2) is 11.3. The molecule has 0 unspecified atom stereocenters. The number of carbonyl (C=O) groups is 1. The zero-order valence-corrected chi connectivity index (χ0v) is 19.7. The summed E-state index contributed by atoms with van der Waals surface area (Å²) < 4.78 is 12.0. The van der Waals surface area contributed by atoms with Gasteiger partial charge in [0.1, 0.15) is 17.0 Å². The molecule has 0 bridgehead atoms. The maximum atomic E-state index is 13.2. The second-order valence-corrected chi connectivity index (χ2v) is 8.29. The van der Waals surface area contributed by atoms with Crippen LogP contribution in [0.1, 0.15) is 20.3 Å². The molecule has 31 heavy (non-hydrogen) atoms. The molecule has 0 aliphatic rings. The maximum Gasteiger partial charge on any atom is 0.232 e. The summed E-state index contributed by atoms with van der Waals surface area (Å²) in [6.07, 6.45) is 0.258. The minimum absolute atomic E-state index is 0.0303. The number of hydrogen-bond donors (Lipinski definition) is 0. The molecule has 0 atom stereocenters. The van der Waals surface area contributed by atoms with E-state index < -0.39 is 0 Å². The van der Waals surface area contributed by atoms with Gasteiger partial charge in [-0.05, 0) is 37.4 Å². The Morgan fingerprint density at radius 2 is 1.84 bits per heavy atom. The quantitative estimate of drug-likeness (QED) is 0.397. The van der Waals surface area contributed by atoms with Crippen LogP contribution in [0.15, 0.2) is 42.5 Å². The highest BCUT2D eigenvalue weighted by Crippen LogP contribution is 2.38. The molecule has 3 aromatic rings. The fraction of sp³-hybridized carbons (Fsp3) is 0.391. The molecule has 0 aliphatic carbocycles. The Morgan fingerprint density at radius 3 is 2.52 bits per heavy atom. The average Bonchev–Trinajstić information content (AvgIpc) is 3.24. The number of thiazole rings is 1. The number of hydrogen-bond acceptors (Lipinski definition) is 6. The molecule has 3 rings (SSSR count). The molecule has 1 heterocycles. The van der Waals surface area contributed by atoms with Crippen LogP contribution >= 0.6 is 22.9 Å². The lowest BCUT2D eigenvalue weighted by Gasteiger charge is -2.24. The lowest BCUT2D eigenvalue weighted by molar-refractivity contribution is -0.119. The first-order valence-electron chi connectivity index (χ1n) is 10.4. The van der Waals surface area contributed by atoms with E-state index in [2.05, 4.69) is 18.7 Å². The van der Waals surface area contributed by atoms with Gasteiger partial charge in [0.05, 0.1) is 29.9 Å². The topological polar surface area (TPSA) is 54.9 Å². The molecule has 0 saturated carbocycles. The second-order valence-electron chi connectivity index (χ2n) is 6.91. The van der Waals surface area contributed by atoms with Gasteiger partial charge in [0.2, 0.25) is 5.91 Å². The van der Waals surface area contributed by atoms with E-state index in [9.17, 15) is 4.79 Å². The largest absolute Gasteiger partial charge is 0.494 e. The number of anilines is 1. The third kappa shape index (κ3) is 5.87. The van der Waals surface area contributed by atoms with Crippen LogP contribution in [0.5, 0.6) is 11.5 Å². The molecule has 0 fully saturated rings. The van der Waals surface area contributed by atoms with Crippen LogP contribution < -0.4 is 14.4 Å². The third-order valence-corrected chi connectivity index (χ3v) is 6.60. The van der Waals surface area contributed by atoms with Gasteiger partial charge in [-0.2, -0.15) is 0 Å². The number of benzene rings is 2. The van der Waals surface area contributed by atoms with Crippen LogP contribution in [-0.2, 0) is 4.79 Å². The Kier molecular flexibility index (Phi) is 8.51. The van der Waals surface area contributed by atoms with Crippen LogP contribution in [0.2, 0.25) is 5.02 Å². The Morgan fingerprint density at radius 1 is 1.10 bits per heavy atom. The molecule has 0 spiro atoms. The number of rotatable bonds is 11. The number of methoxy groups -OCH3 is 1. The number of ether oxygens (including phenoxy) is 2. The van der Waals surface area contributed by atoms with Gasteiger partial charge in [0.15, 0.2) is 5.13 Å². The molecule has 0 saturated heterocycles. The maximum absolute atomic E-state index is 13.2. The van der Waals surface area contributed by atoms with Crippen molar-refractivity contribution in [2.24, 2.45) is 0 Å². The van der Waals surface area contributed by atoms with Crippen molar-refractivity contribution >= 4 is 44.2 Å². The van der Waals surface area contributed by atoms with Crippen LogP contribution in [-0.4, -0.2) is 55.7 Å². The predicted octanol–water partition coefficient (Wildman–Crippen LogP) is 5.10. The number of aromatic nitrogens is 1. The minimum Gasteiger partial charge on any atom is -0.494 e. The van der Waals surface area contributed by atoms with Crippen LogP contribution in [0.3, 0.4) is 0 Å². The van der Waals surface area contributed by atoms with Crippen molar-refractivity contribution in [2.75, 3.05) is 44.8 Å². The van der Waals surface area contributed by atoms with E-state index in [4.69, 9.17) is 26.1 Å². The van der Waals surface area contributed by atoms with E-state index in [0.717, 1.165) is 30.1 Å². The molecule has 166 valence electrons. The minimum atomic E-state index is -0.0303. The Balaban J connectivity index is 1.81. The predicted molar refractivity (Wildman–Crippen MR) is 128 cm³/mol. The van der Waals surface area contributed by atoms with E-state index in [1.165, 1.54) is 11.3 Å². The summed E-state index contributed by atoms with van der Waals surface area (Å²) in [4.78, 5) is 21.9. The molecule has 2 aromatic carbocycles. The third-order valence-electron chi connectivity index (χ3n) is 5.06. The van der Waals surface area contributed by atoms with E-state index in [1.807, 2.05) is 30.3 Å². The van der Waals surface area contributed by atoms with E-state index >= 15 is 0 Å². The Bertz CT molecular complexity index is 992. The number of nitrogens with zero attached hydrogens (tertiary/aromatic N) is 3. The molecule has 1 aromatic heterocycles. The van der Waals surface area contributed by atoms with Gasteiger partial charge in [-0.1, -0.05) is 55.0 Å². The van der Waals surface area contributed by atoms with E-state index in [0.29, 0.717) is 34.6 Å². The van der Waals surface area contributed by atoms with Crippen LogP contribution in [0.4, 0.5) is 5.13 Å². The fourth-order valence-corrected chi connectivity index (χ4v) is 4.54. The molecular formula is C23H28ClN3O3S. The first-order valence-corrected chi connectivity index (χ1v) is 11.6. The van der Waals surface area contributed by atoms with Crippen molar-refractivity contribution in [2.45, 2.75) is 20.3 Å². The molecule has 0 radical (unpaired) electrons. The van der Waals surface area contributed by atoms with E-state index in [-0.39, 0.29) is 12.3 Å². The zero-order chi connectivity index (χ0) is 22.2. The van der Waals surface area contributed by atoms with Crippen molar-refractivity contribution in [1.29, 1.82) is 0 Å². The monoisotopic (exact) mass is 461 g/mol. The lowest BCUT2D eigenvalue weighted by Crippen LogP contribution is -2.39. The number of likely N-dealkylation sites (N-methyl/N-ethyl adjacent to an activating group) is 1. The smallest absolute Gasteiger partial charge is 0.232 e. The number of para-hydroxylation sites is 1. The molecular weight excluding hydrogens is 434 g/mol. The Hall–Kier alpha value is -2.35. The average molecular weight is 462 g/mol. The van der Waals surface area contributed by atoms with Gasteiger partial charge in [-0.15, -0.1) is 0 Å². The highest BCUT2D eigenvalue weighted by molar-refractivity contribution is 7.23. The SMILES string of the molecule is CCN(CC)CCN(C(=O)CCOc1ccccc1)c1nc2c(OC)ccc(Cl)c2s1. The highest BCUT2D eigenvalue weighted by atomic mass is 35.5. The van der Waals surface area contributed by atoms with Gasteiger partial charge in [0, 0.05) is 13.1 Å². The lowest BCUT2D eigenvalue weighted by atomic mass is 10.3. The number of carbonyl (C=O) groups excluding carboxylic acids is 1. The van der Waals surface area contributed by atoms with Gasteiger partial charge in [-0.3, -0.25) is 9.69 Å². The van der Waals surface area contributed by atoms with Gasteiger partial charge >= 0.3 is 0 Å². The summed E-state index contributed by atoms with van der Waals surface area (Å²) in [5.41, 5.74) is 0.677. The van der Waals surface area contributed by atoms with Crippen molar-refractivity contribution in [3.05, 3.63) is 47.5 Å². The highest BCUT2D eigenvalue weighted by Gasteiger charge is 2.22. The summed E-state index contributed by atoms with van der Waals surface area (Å²) in [7, 11) is 1.60. The van der Waals surface area contributed by atoms with E-state index in [1.54, 1.807) is 24.1 Å². The summed E-state index contributed by atoms with van der Waals surface area (Å²) in [5.74, 6) is 1.36. The summed E-state index contributed by atoms with van der Waals surface area (Å²) in [5, 5.41) is 1.22. The van der Waals surface area contributed by atoms with Gasteiger partial charge in [0.25, 0.3) is 0 Å². The van der Waals surface area contributed by atoms with Crippen molar-refractivity contribution < 1.29 is 14.3 Å². The van der Waals surface area contributed by atoms with Crippen LogP contribution in [0.25, 0.3) is 10.2 Å². The molecule has 6 nitrogen and oxygen atoms in total. The normalized spacial score (nSPS) is 11.1. The summed E-state index contributed by atoms with van der Waals surface area (Å²) in [6.45, 7) is 7.70. The molecule has 8 heteroatoms. The van der Waals surface area contributed by atoms with Crippen molar-refractivity contribution in [1.82, 2.24) is 9.88 Å². The molecule has 1 amide bonds. The first-order chi connectivity index (χ1) is 15.1. The van der Waals surface area contributed by atoms with Gasteiger partial charge in [-0.25, -0.2) is 4.98 Å². The Labute approximate surface area is 192 Å². The van der Waals surface area contributed by atoms with Gasteiger partial charge < -0.3 is 14.4 Å². The number of halogens is 1. The zero-order valence-electron chi connectivity index (χ0n) is 18.1.